The maximum absolute atomic E-state index is 12.0. The molecule has 2 unspecified atom stereocenters. The molecule has 18 heavy (non-hydrogen) atoms. The Morgan fingerprint density at radius 2 is 2.44 bits per heavy atom. The molecule has 0 saturated heterocycles. The third-order valence-electron chi connectivity index (χ3n) is 3.28. The van der Waals surface area contributed by atoms with Gasteiger partial charge in [-0.15, -0.1) is 0 Å². The Hall–Kier alpha value is -2.05. The minimum Gasteiger partial charge on any atom is -0.438 e. The van der Waals surface area contributed by atoms with E-state index in [-0.39, 0.29) is 29.5 Å². The van der Waals surface area contributed by atoms with Gasteiger partial charge in [0.05, 0.1) is 5.69 Å². The van der Waals surface area contributed by atoms with Crippen molar-refractivity contribution >= 4 is 11.7 Å². The van der Waals surface area contributed by atoms with Crippen molar-refractivity contribution in [2.24, 2.45) is 16.8 Å². The number of amidine groups is 1. The molecule has 1 aliphatic rings. The zero-order chi connectivity index (χ0) is 13.1. The molecule has 0 radical (unpaired) electrons. The Morgan fingerprint density at radius 1 is 1.67 bits per heavy atom. The fourth-order valence-corrected chi connectivity index (χ4v) is 2.31. The van der Waals surface area contributed by atoms with Crippen molar-refractivity contribution in [1.82, 2.24) is 10.3 Å². The predicted molar refractivity (Wildman–Crippen MR) is 63.2 cm³/mol. The van der Waals surface area contributed by atoms with Gasteiger partial charge in [-0.25, -0.2) is 4.98 Å². The maximum atomic E-state index is 12.0. The normalized spacial score (nSPS) is 24.2. The van der Waals surface area contributed by atoms with E-state index in [1.54, 1.807) is 6.92 Å². The smallest absolute Gasteiger partial charge is 0.289 e. The van der Waals surface area contributed by atoms with Crippen LogP contribution < -0.4 is 11.1 Å². The summed E-state index contributed by atoms with van der Waals surface area (Å²) in [4.78, 5) is 15.8. The number of carbonyl (C=O) groups excluding carboxylic acids is 1. The van der Waals surface area contributed by atoms with E-state index in [1.807, 2.05) is 0 Å². The minimum atomic E-state index is -0.312. The summed E-state index contributed by atoms with van der Waals surface area (Å²) in [5.74, 6) is -0.0675. The van der Waals surface area contributed by atoms with E-state index in [0.717, 1.165) is 19.3 Å². The number of nitrogens with two attached hydrogens (primary N) is 1. The van der Waals surface area contributed by atoms with E-state index in [2.05, 4.69) is 15.5 Å². The highest BCUT2D eigenvalue weighted by molar-refractivity contribution is 5.93. The quantitative estimate of drug-likeness (QED) is 0.316. The van der Waals surface area contributed by atoms with Crippen LogP contribution in [0.25, 0.3) is 0 Å². The molecule has 98 valence electrons. The molecular formula is C11H16N4O3. The first-order valence-electron chi connectivity index (χ1n) is 5.82. The third-order valence-corrected chi connectivity index (χ3v) is 3.28. The number of amides is 1. The Kier molecular flexibility index (Phi) is 3.50. The first kappa shape index (κ1) is 12.4. The van der Waals surface area contributed by atoms with Crippen LogP contribution in [0, 0.1) is 12.8 Å². The van der Waals surface area contributed by atoms with Crippen LogP contribution in [-0.4, -0.2) is 28.0 Å². The molecule has 1 aliphatic carbocycles. The van der Waals surface area contributed by atoms with Gasteiger partial charge in [-0.1, -0.05) is 11.6 Å². The second kappa shape index (κ2) is 5.07. The second-order valence-corrected chi connectivity index (χ2v) is 4.41. The van der Waals surface area contributed by atoms with Gasteiger partial charge >= 0.3 is 0 Å². The molecule has 1 amide bonds. The van der Waals surface area contributed by atoms with Crippen LogP contribution in [0.5, 0.6) is 0 Å². The van der Waals surface area contributed by atoms with Crippen molar-refractivity contribution in [3.05, 3.63) is 17.8 Å². The lowest BCUT2D eigenvalue weighted by Crippen LogP contribution is -2.42. The van der Waals surface area contributed by atoms with Crippen LogP contribution in [0.15, 0.2) is 16.0 Å². The van der Waals surface area contributed by atoms with E-state index < -0.39 is 0 Å². The van der Waals surface area contributed by atoms with Gasteiger partial charge in [0, 0.05) is 12.0 Å². The summed E-state index contributed by atoms with van der Waals surface area (Å²) in [5, 5.41) is 14.6. The zero-order valence-corrected chi connectivity index (χ0v) is 10.1. The van der Waals surface area contributed by atoms with Crippen LogP contribution >= 0.6 is 0 Å². The van der Waals surface area contributed by atoms with Crippen LogP contribution in [-0.2, 0) is 0 Å². The number of rotatable bonds is 3. The molecule has 0 bridgehead atoms. The van der Waals surface area contributed by atoms with Crippen LogP contribution in [0.3, 0.4) is 0 Å². The fraction of sp³-hybridized carbons (Fsp3) is 0.545. The molecule has 0 spiro atoms. The standard InChI is InChI=1S/C11H16N4O3/c1-6-9(18-5-13-6)11(16)14-8-4-2-3-7(8)10(12)15-17/h5,7-8,17H,2-4H2,1H3,(H2,12,15)(H,14,16). The van der Waals surface area contributed by atoms with Gasteiger partial charge in [0.15, 0.2) is 6.39 Å². The topological polar surface area (TPSA) is 114 Å². The van der Waals surface area contributed by atoms with E-state index in [0.29, 0.717) is 5.69 Å². The SMILES string of the molecule is Cc1ncoc1C(=O)NC1CCCC1C(N)=NO. The first-order chi connectivity index (χ1) is 8.63. The van der Waals surface area contributed by atoms with Gasteiger partial charge in [0.1, 0.15) is 5.84 Å². The number of carbonyl (C=O) groups is 1. The highest BCUT2D eigenvalue weighted by Gasteiger charge is 2.32. The highest BCUT2D eigenvalue weighted by Crippen LogP contribution is 2.26. The maximum Gasteiger partial charge on any atom is 0.289 e. The molecule has 7 heteroatoms. The molecule has 4 N–H and O–H groups in total. The number of aromatic nitrogens is 1. The summed E-state index contributed by atoms with van der Waals surface area (Å²) in [6.45, 7) is 1.70. The van der Waals surface area contributed by atoms with Crippen molar-refractivity contribution in [1.29, 1.82) is 0 Å². The lowest BCUT2D eigenvalue weighted by Gasteiger charge is -2.19. The van der Waals surface area contributed by atoms with Crippen molar-refractivity contribution in [3.8, 4) is 0 Å². The summed E-state index contributed by atoms with van der Waals surface area (Å²) in [7, 11) is 0. The first-order valence-corrected chi connectivity index (χ1v) is 5.82. The van der Waals surface area contributed by atoms with Gasteiger partial charge in [-0.3, -0.25) is 4.79 Å². The number of hydrogen-bond acceptors (Lipinski definition) is 5. The Bertz CT molecular complexity index is 469. The molecule has 0 aromatic carbocycles. The number of hydrogen-bond donors (Lipinski definition) is 3. The fourth-order valence-electron chi connectivity index (χ4n) is 2.31. The second-order valence-electron chi connectivity index (χ2n) is 4.41. The van der Waals surface area contributed by atoms with Gasteiger partial charge in [-0.2, -0.15) is 0 Å². The molecule has 7 nitrogen and oxygen atoms in total. The lowest BCUT2D eigenvalue weighted by atomic mass is 10.0. The number of nitrogens with zero attached hydrogens (tertiary/aromatic N) is 2. The van der Waals surface area contributed by atoms with Crippen molar-refractivity contribution in [2.45, 2.75) is 32.2 Å². The largest absolute Gasteiger partial charge is 0.438 e. The average molecular weight is 252 g/mol. The van der Waals surface area contributed by atoms with E-state index in [1.165, 1.54) is 6.39 Å². The van der Waals surface area contributed by atoms with Crippen LogP contribution in [0.1, 0.15) is 35.5 Å². The van der Waals surface area contributed by atoms with E-state index in [4.69, 9.17) is 15.4 Å². The number of oxime groups is 1. The van der Waals surface area contributed by atoms with Gasteiger partial charge in [0.2, 0.25) is 5.76 Å². The Morgan fingerprint density at radius 3 is 3.06 bits per heavy atom. The van der Waals surface area contributed by atoms with Crippen molar-refractivity contribution < 1.29 is 14.4 Å². The van der Waals surface area contributed by atoms with Crippen LogP contribution in [0.4, 0.5) is 0 Å². The molecule has 0 aliphatic heterocycles. The molecule has 1 saturated carbocycles. The Balaban J connectivity index is 2.05. The number of aryl methyl sites for hydroxylation is 1. The zero-order valence-electron chi connectivity index (χ0n) is 10.1. The molecule has 1 aromatic rings. The molecule has 2 atom stereocenters. The lowest BCUT2D eigenvalue weighted by molar-refractivity contribution is 0.0904. The average Bonchev–Trinajstić information content (AvgIpc) is 2.97. The van der Waals surface area contributed by atoms with Crippen molar-refractivity contribution in [2.75, 3.05) is 0 Å². The molecule has 1 heterocycles. The van der Waals surface area contributed by atoms with E-state index in [9.17, 15) is 4.79 Å². The van der Waals surface area contributed by atoms with Crippen molar-refractivity contribution in [3.63, 3.8) is 0 Å². The summed E-state index contributed by atoms with van der Waals surface area (Å²) in [6, 6.07) is -0.127. The molecule has 1 fully saturated rings. The summed E-state index contributed by atoms with van der Waals surface area (Å²) >= 11 is 0. The Labute approximate surface area is 104 Å². The molecule has 2 rings (SSSR count). The monoisotopic (exact) mass is 252 g/mol. The third kappa shape index (κ3) is 2.29. The number of nitrogens with one attached hydrogen (secondary N) is 1. The summed E-state index contributed by atoms with van der Waals surface area (Å²) in [6.07, 6.45) is 3.77. The summed E-state index contributed by atoms with van der Waals surface area (Å²) < 4.78 is 5.02. The predicted octanol–water partition coefficient (Wildman–Crippen LogP) is 0.628. The molecule has 1 aromatic heterocycles. The summed E-state index contributed by atoms with van der Waals surface area (Å²) in [5.41, 5.74) is 6.15. The van der Waals surface area contributed by atoms with Crippen LogP contribution in [0.2, 0.25) is 0 Å². The minimum absolute atomic E-state index is 0.123. The van der Waals surface area contributed by atoms with E-state index >= 15 is 0 Å². The number of oxazole rings is 1. The molecular weight excluding hydrogens is 236 g/mol. The highest BCUT2D eigenvalue weighted by atomic mass is 16.4. The van der Waals surface area contributed by atoms with Gasteiger partial charge in [-0.05, 0) is 19.8 Å². The van der Waals surface area contributed by atoms with Gasteiger partial charge < -0.3 is 20.7 Å². The van der Waals surface area contributed by atoms with Gasteiger partial charge in [0.25, 0.3) is 5.91 Å².